The number of benzene rings is 1. The highest BCUT2D eigenvalue weighted by Gasteiger charge is 2.16. The van der Waals surface area contributed by atoms with E-state index in [9.17, 15) is 0 Å². The molecule has 1 atom stereocenters. The highest BCUT2D eigenvalue weighted by Crippen LogP contribution is 2.25. The molecule has 114 valence electrons. The Balaban J connectivity index is 2.36. The van der Waals surface area contributed by atoms with Crippen molar-refractivity contribution in [2.75, 3.05) is 13.2 Å². The van der Waals surface area contributed by atoms with Crippen LogP contribution < -0.4 is 10.5 Å². The molecule has 0 radical (unpaired) electrons. The van der Waals surface area contributed by atoms with Gasteiger partial charge in [0, 0.05) is 5.54 Å². The van der Waals surface area contributed by atoms with Crippen molar-refractivity contribution in [1.29, 1.82) is 0 Å². The third kappa shape index (κ3) is 5.93. The lowest BCUT2D eigenvalue weighted by Crippen LogP contribution is -2.39. The molecule has 0 aromatic heterocycles. The van der Waals surface area contributed by atoms with Crippen molar-refractivity contribution in [3.63, 3.8) is 0 Å². The Hall–Kier alpha value is -1.06. The van der Waals surface area contributed by atoms with Gasteiger partial charge in [0.1, 0.15) is 5.75 Å². The van der Waals surface area contributed by atoms with E-state index in [1.807, 2.05) is 19.1 Å². The molecule has 0 fully saturated rings. The van der Waals surface area contributed by atoms with Crippen LogP contribution in [0.5, 0.6) is 5.75 Å². The van der Waals surface area contributed by atoms with E-state index in [0.29, 0.717) is 6.61 Å². The van der Waals surface area contributed by atoms with Gasteiger partial charge < -0.3 is 15.6 Å². The Bertz CT molecular complexity index is 408. The van der Waals surface area contributed by atoms with Gasteiger partial charge in [-0.1, -0.05) is 32.9 Å². The average molecular weight is 279 g/mol. The molecule has 0 amide bonds. The number of hydrogen-bond donors (Lipinski definition) is 2. The van der Waals surface area contributed by atoms with Crippen LogP contribution >= 0.6 is 0 Å². The fourth-order valence-corrected chi connectivity index (χ4v) is 1.95. The minimum atomic E-state index is -0.466. The molecule has 0 aliphatic carbocycles. The number of ether oxygens (including phenoxy) is 1. The molecule has 1 aromatic rings. The Morgan fingerprint density at radius 3 is 2.45 bits per heavy atom. The molecule has 1 unspecified atom stereocenters. The van der Waals surface area contributed by atoms with Crippen molar-refractivity contribution in [2.45, 2.75) is 57.9 Å². The number of nitrogens with two attached hydrogens (primary N) is 1. The van der Waals surface area contributed by atoms with Crippen LogP contribution in [0.2, 0.25) is 0 Å². The zero-order valence-corrected chi connectivity index (χ0v) is 13.3. The van der Waals surface area contributed by atoms with E-state index in [-0.39, 0.29) is 12.0 Å². The lowest BCUT2D eigenvalue weighted by molar-refractivity contribution is 0.194. The van der Waals surface area contributed by atoms with Gasteiger partial charge in [-0.25, -0.2) is 0 Å². The van der Waals surface area contributed by atoms with Gasteiger partial charge in [-0.15, -0.1) is 0 Å². The summed E-state index contributed by atoms with van der Waals surface area (Å²) in [5, 5.41) is 9.08. The quantitative estimate of drug-likeness (QED) is 0.753. The maximum Gasteiger partial charge on any atom is 0.119 e. The molecule has 0 heterocycles. The standard InChI is InChI=1S/C17H29NO2/c1-16(2,3)14-8-7-9-15(12-14)20-11-6-5-10-17(4,18)13-19/h7-9,12,19H,5-6,10-11,13,18H2,1-4H3. The lowest BCUT2D eigenvalue weighted by atomic mass is 9.87. The molecule has 1 aromatic carbocycles. The summed E-state index contributed by atoms with van der Waals surface area (Å²) in [6.45, 7) is 9.19. The minimum Gasteiger partial charge on any atom is -0.494 e. The molecule has 3 nitrogen and oxygen atoms in total. The maximum atomic E-state index is 9.08. The molecule has 3 heteroatoms. The summed E-state index contributed by atoms with van der Waals surface area (Å²) in [5.74, 6) is 0.926. The number of hydrogen-bond acceptors (Lipinski definition) is 3. The van der Waals surface area contributed by atoms with Gasteiger partial charge >= 0.3 is 0 Å². The second-order valence-electron chi connectivity index (χ2n) is 6.90. The topological polar surface area (TPSA) is 55.5 Å². The summed E-state index contributed by atoms with van der Waals surface area (Å²) in [4.78, 5) is 0. The van der Waals surface area contributed by atoms with Crippen LogP contribution in [0.1, 0.15) is 52.5 Å². The highest BCUT2D eigenvalue weighted by atomic mass is 16.5. The lowest BCUT2D eigenvalue weighted by Gasteiger charge is -2.21. The summed E-state index contributed by atoms with van der Waals surface area (Å²) in [6, 6.07) is 8.28. The second-order valence-corrected chi connectivity index (χ2v) is 6.90. The molecule has 1 rings (SSSR count). The number of rotatable bonds is 7. The van der Waals surface area contributed by atoms with Gasteiger partial charge in [-0.2, -0.15) is 0 Å². The molecule has 0 aliphatic heterocycles. The Labute approximate surface area is 123 Å². The molecular weight excluding hydrogens is 250 g/mol. The van der Waals surface area contributed by atoms with Crippen molar-refractivity contribution in [2.24, 2.45) is 5.73 Å². The third-order valence-electron chi connectivity index (χ3n) is 3.47. The van der Waals surface area contributed by atoms with Crippen LogP contribution in [-0.4, -0.2) is 23.9 Å². The SMILES string of the molecule is CC(N)(CO)CCCCOc1cccc(C(C)(C)C)c1. The van der Waals surface area contributed by atoms with E-state index >= 15 is 0 Å². The summed E-state index contributed by atoms with van der Waals surface area (Å²) >= 11 is 0. The molecule has 0 bridgehead atoms. The summed E-state index contributed by atoms with van der Waals surface area (Å²) < 4.78 is 5.79. The molecule has 0 saturated carbocycles. The molecule has 3 N–H and O–H groups in total. The first-order valence-corrected chi connectivity index (χ1v) is 7.38. The monoisotopic (exact) mass is 279 g/mol. The average Bonchev–Trinajstić information content (AvgIpc) is 2.37. The van der Waals surface area contributed by atoms with Crippen molar-refractivity contribution in [3.8, 4) is 5.75 Å². The van der Waals surface area contributed by atoms with Crippen LogP contribution in [0.3, 0.4) is 0 Å². The first-order valence-electron chi connectivity index (χ1n) is 7.38. The van der Waals surface area contributed by atoms with Gasteiger partial charge in [0.15, 0.2) is 0 Å². The Morgan fingerprint density at radius 2 is 1.85 bits per heavy atom. The summed E-state index contributed by atoms with van der Waals surface area (Å²) in [5.41, 5.74) is 6.84. The van der Waals surface area contributed by atoms with Gasteiger partial charge in [0.2, 0.25) is 0 Å². The third-order valence-corrected chi connectivity index (χ3v) is 3.47. The molecule has 0 saturated heterocycles. The normalized spacial score (nSPS) is 14.9. The Kier molecular flexibility index (Phi) is 6.03. The zero-order valence-electron chi connectivity index (χ0n) is 13.3. The van der Waals surface area contributed by atoms with Crippen molar-refractivity contribution < 1.29 is 9.84 Å². The largest absolute Gasteiger partial charge is 0.494 e. The smallest absolute Gasteiger partial charge is 0.119 e. The molecule has 0 aliphatic rings. The summed E-state index contributed by atoms with van der Waals surface area (Å²) in [6.07, 6.45) is 2.73. The number of unbranched alkanes of at least 4 members (excludes halogenated alkanes) is 1. The van der Waals surface area contributed by atoms with E-state index in [0.717, 1.165) is 25.0 Å². The highest BCUT2D eigenvalue weighted by molar-refractivity contribution is 5.32. The maximum absolute atomic E-state index is 9.08. The zero-order chi connectivity index (χ0) is 15.2. The fourth-order valence-electron chi connectivity index (χ4n) is 1.95. The second kappa shape index (κ2) is 7.09. The Morgan fingerprint density at radius 1 is 1.15 bits per heavy atom. The first kappa shape index (κ1) is 17.0. The predicted octanol–water partition coefficient (Wildman–Crippen LogP) is 3.24. The van der Waals surface area contributed by atoms with E-state index in [4.69, 9.17) is 15.6 Å². The fraction of sp³-hybridized carbons (Fsp3) is 0.647. The van der Waals surface area contributed by atoms with Gasteiger partial charge in [0.05, 0.1) is 13.2 Å². The van der Waals surface area contributed by atoms with Crippen molar-refractivity contribution in [1.82, 2.24) is 0 Å². The van der Waals surface area contributed by atoms with E-state index in [1.165, 1.54) is 5.56 Å². The number of aliphatic hydroxyl groups excluding tert-OH is 1. The molecule has 20 heavy (non-hydrogen) atoms. The van der Waals surface area contributed by atoms with Crippen LogP contribution in [-0.2, 0) is 5.41 Å². The predicted molar refractivity (Wildman–Crippen MR) is 84.2 cm³/mol. The van der Waals surface area contributed by atoms with Crippen LogP contribution in [0.25, 0.3) is 0 Å². The first-order chi connectivity index (χ1) is 9.24. The van der Waals surface area contributed by atoms with E-state index < -0.39 is 5.54 Å². The molecule has 0 spiro atoms. The van der Waals surface area contributed by atoms with Crippen LogP contribution in [0.15, 0.2) is 24.3 Å². The van der Waals surface area contributed by atoms with Crippen LogP contribution in [0.4, 0.5) is 0 Å². The molecular formula is C17H29NO2. The van der Waals surface area contributed by atoms with E-state index in [2.05, 4.69) is 32.9 Å². The van der Waals surface area contributed by atoms with Gasteiger partial charge in [-0.05, 0) is 49.3 Å². The van der Waals surface area contributed by atoms with E-state index in [1.54, 1.807) is 0 Å². The van der Waals surface area contributed by atoms with Crippen LogP contribution in [0, 0.1) is 0 Å². The van der Waals surface area contributed by atoms with Crippen molar-refractivity contribution >= 4 is 0 Å². The van der Waals surface area contributed by atoms with Crippen molar-refractivity contribution in [3.05, 3.63) is 29.8 Å². The van der Waals surface area contributed by atoms with Gasteiger partial charge in [-0.3, -0.25) is 0 Å². The minimum absolute atomic E-state index is 0.0293. The summed E-state index contributed by atoms with van der Waals surface area (Å²) in [7, 11) is 0. The van der Waals surface area contributed by atoms with Gasteiger partial charge in [0.25, 0.3) is 0 Å². The number of aliphatic hydroxyl groups is 1.